The van der Waals surface area contributed by atoms with Crippen LogP contribution in [0.15, 0.2) is 12.1 Å². The van der Waals surface area contributed by atoms with Gasteiger partial charge in [-0.05, 0) is 0 Å². The molecule has 0 atom stereocenters. The first kappa shape index (κ1) is 14.7. The summed E-state index contributed by atoms with van der Waals surface area (Å²) in [6, 6.07) is 5.73. The number of benzene rings is 1. The predicted molar refractivity (Wildman–Crippen MR) is 80.2 cm³/mol. The molecule has 0 fully saturated rings. The Balaban J connectivity index is 2.93. The fourth-order valence-electron chi connectivity index (χ4n) is 1.89. The zero-order chi connectivity index (χ0) is 13.9. The third-order valence-corrected chi connectivity index (χ3v) is 4.00. The van der Waals surface area contributed by atoms with Gasteiger partial charge in [0.2, 0.25) is 0 Å². The monoisotopic (exact) mass is 264 g/mol. The van der Waals surface area contributed by atoms with E-state index in [1.165, 1.54) is 0 Å². The fraction of sp³-hybridized carbons (Fsp3) is 0.429. The van der Waals surface area contributed by atoms with Crippen LogP contribution in [0.1, 0.15) is 16.7 Å². The molecule has 0 unspecified atom stereocenters. The van der Waals surface area contributed by atoms with Gasteiger partial charge in [-0.1, -0.05) is 0 Å². The average Bonchev–Trinajstić information content (AvgIpc) is 2.20. The molecule has 0 heterocycles. The molecule has 18 heavy (non-hydrogen) atoms. The van der Waals surface area contributed by atoms with Crippen molar-refractivity contribution in [1.82, 2.24) is 0 Å². The number of amides is 1. The molecule has 0 spiro atoms. The van der Waals surface area contributed by atoms with Crippen LogP contribution in [0, 0.1) is 25.2 Å². The Hall–Kier alpha value is -1.39. The first-order valence-electron chi connectivity index (χ1n) is 6.04. The first-order chi connectivity index (χ1) is 8.23. The molecule has 0 radical (unpaired) electrons. The van der Waals surface area contributed by atoms with E-state index < -0.39 is 7.26 Å². The number of nitriles is 1. The molecule has 1 N–H and O–H groups in total. The van der Waals surface area contributed by atoms with Crippen LogP contribution in [0.3, 0.4) is 0 Å². The predicted octanol–water partition coefficient (Wildman–Crippen LogP) is 2.75. The molecular weight excluding hydrogens is 243 g/mol. The van der Waals surface area contributed by atoms with Crippen LogP contribution in [0.25, 0.3) is 0 Å². The molecule has 0 bridgehead atoms. The maximum absolute atomic E-state index is 11.9. The SMILES string of the molecule is Cc1cc(C#N)cc(C)c1NC(=O)C[PH](C)(C)C. The van der Waals surface area contributed by atoms with E-state index in [9.17, 15) is 4.79 Å². The number of hydrogen-bond acceptors (Lipinski definition) is 2. The quantitative estimate of drug-likeness (QED) is 0.853. The normalized spacial score (nSPS) is 11.8. The van der Waals surface area contributed by atoms with Crippen molar-refractivity contribution in [2.24, 2.45) is 0 Å². The molecule has 0 saturated carbocycles. The number of anilines is 1. The van der Waals surface area contributed by atoms with Gasteiger partial charge < -0.3 is 0 Å². The Morgan fingerprint density at radius 3 is 2.17 bits per heavy atom. The van der Waals surface area contributed by atoms with Crippen molar-refractivity contribution in [1.29, 1.82) is 5.26 Å². The second kappa shape index (κ2) is 5.50. The van der Waals surface area contributed by atoms with Crippen LogP contribution in [0.4, 0.5) is 5.69 Å². The number of aryl methyl sites for hydroxylation is 2. The number of rotatable bonds is 3. The van der Waals surface area contributed by atoms with Gasteiger partial charge in [0, 0.05) is 0 Å². The van der Waals surface area contributed by atoms with Crippen molar-refractivity contribution in [3.63, 3.8) is 0 Å². The molecule has 3 nitrogen and oxygen atoms in total. The first-order valence-corrected chi connectivity index (χ1v) is 9.75. The Morgan fingerprint density at radius 1 is 1.28 bits per heavy atom. The van der Waals surface area contributed by atoms with Crippen molar-refractivity contribution in [3.05, 3.63) is 28.8 Å². The van der Waals surface area contributed by atoms with Gasteiger partial charge in [0.05, 0.1) is 0 Å². The van der Waals surface area contributed by atoms with Crippen LogP contribution in [0.2, 0.25) is 0 Å². The summed E-state index contributed by atoms with van der Waals surface area (Å²) < 4.78 is 0. The minimum absolute atomic E-state index is 0.0741. The molecule has 1 amide bonds. The summed E-state index contributed by atoms with van der Waals surface area (Å²) in [6.07, 6.45) is 0.617. The molecule has 4 heteroatoms. The molecule has 0 aliphatic rings. The maximum atomic E-state index is 11.9. The van der Waals surface area contributed by atoms with E-state index in [2.05, 4.69) is 31.4 Å². The van der Waals surface area contributed by atoms with Gasteiger partial charge in [-0.25, -0.2) is 0 Å². The zero-order valence-corrected chi connectivity index (χ0v) is 12.7. The summed E-state index contributed by atoms with van der Waals surface area (Å²) in [4.78, 5) is 11.9. The van der Waals surface area contributed by atoms with Gasteiger partial charge in [-0.2, -0.15) is 0 Å². The Labute approximate surface area is 110 Å². The van der Waals surface area contributed by atoms with Gasteiger partial charge >= 0.3 is 109 Å². The zero-order valence-electron chi connectivity index (χ0n) is 11.7. The van der Waals surface area contributed by atoms with Crippen LogP contribution >= 0.6 is 7.26 Å². The van der Waals surface area contributed by atoms with Gasteiger partial charge in [0.1, 0.15) is 0 Å². The fourth-order valence-corrected chi connectivity index (χ4v) is 2.94. The number of nitrogens with one attached hydrogen (secondary N) is 1. The summed E-state index contributed by atoms with van der Waals surface area (Å²) in [5.74, 6) is 0.0741. The van der Waals surface area contributed by atoms with E-state index in [4.69, 9.17) is 5.26 Å². The van der Waals surface area contributed by atoms with E-state index in [1.54, 1.807) is 12.1 Å². The average molecular weight is 264 g/mol. The van der Waals surface area contributed by atoms with Gasteiger partial charge in [0.25, 0.3) is 0 Å². The standard InChI is InChI=1S/C14H21N2OP/c1-10-6-12(8-15)7-11(2)14(10)16-13(17)9-18(3,4)5/h6-7,18H,9H2,1-5H3,(H,16,17). The molecule has 0 aliphatic carbocycles. The summed E-state index contributed by atoms with van der Waals surface area (Å²) in [7, 11) is -1.39. The summed E-state index contributed by atoms with van der Waals surface area (Å²) in [5.41, 5.74) is 3.36. The molecule has 1 rings (SSSR count). The van der Waals surface area contributed by atoms with Crippen LogP contribution < -0.4 is 5.32 Å². The second-order valence-corrected chi connectivity index (χ2v) is 11.4. The number of carbonyl (C=O) groups excluding carboxylic acids is 1. The molecule has 1 aromatic rings. The second-order valence-electron chi connectivity index (χ2n) is 5.88. The van der Waals surface area contributed by atoms with Crippen LogP contribution in [-0.4, -0.2) is 32.1 Å². The van der Waals surface area contributed by atoms with E-state index in [1.807, 2.05) is 13.8 Å². The van der Waals surface area contributed by atoms with E-state index in [0.29, 0.717) is 11.7 Å². The number of carbonyl (C=O) groups is 1. The van der Waals surface area contributed by atoms with Crippen molar-refractivity contribution in [2.75, 3.05) is 31.5 Å². The van der Waals surface area contributed by atoms with Crippen LogP contribution in [0.5, 0.6) is 0 Å². The summed E-state index contributed by atoms with van der Waals surface area (Å²) in [5, 5.41) is 11.9. The van der Waals surface area contributed by atoms with Crippen molar-refractivity contribution >= 4 is 18.9 Å². The Kier molecular flexibility index (Phi) is 4.48. The van der Waals surface area contributed by atoms with Gasteiger partial charge in [-0.15, -0.1) is 0 Å². The van der Waals surface area contributed by atoms with E-state index in [0.717, 1.165) is 16.8 Å². The van der Waals surface area contributed by atoms with Crippen molar-refractivity contribution in [3.8, 4) is 6.07 Å². The van der Waals surface area contributed by atoms with E-state index >= 15 is 0 Å². The van der Waals surface area contributed by atoms with Gasteiger partial charge in [-0.3, -0.25) is 0 Å². The number of hydrogen-bond donors (Lipinski definition) is 1. The summed E-state index contributed by atoms with van der Waals surface area (Å²) in [6.45, 7) is 10.3. The third-order valence-electron chi connectivity index (χ3n) is 2.62. The topological polar surface area (TPSA) is 52.9 Å². The molecule has 0 saturated heterocycles. The summed E-state index contributed by atoms with van der Waals surface area (Å²) >= 11 is 0. The third kappa shape index (κ3) is 4.13. The van der Waals surface area contributed by atoms with Crippen molar-refractivity contribution < 1.29 is 4.79 Å². The van der Waals surface area contributed by atoms with Gasteiger partial charge in [0.15, 0.2) is 0 Å². The molecular formula is C14H21N2OP. The Morgan fingerprint density at radius 2 is 1.78 bits per heavy atom. The van der Waals surface area contributed by atoms with E-state index in [-0.39, 0.29) is 5.91 Å². The molecule has 1 aromatic carbocycles. The number of nitrogens with zero attached hydrogens (tertiary/aromatic N) is 1. The minimum atomic E-state index is -1.39. The molecule has 0 aliphatic heterocycles. The molecule has 98 valence electrons. The Bertz CT molecular complexity index is 487. The van der Waals surface area contributed by atoms with Crippen LogP contribution in [-0.2, 0) is 4.79 Å². The van der Waals surface area contributed by atoms with Crippen molar-refractivity contribution in [2.45, 2.75) is 13.8 Å². The molecule has 0 aromatic heterocycles.